The summed E-state index contributed by atoms with van der Waals surface area (Å²) in [7, 11) is 0. The van der Waals surface area contributed by atoms with E-state index in [0.29, 0.717) is 11.1 Å². The Kier molecular flexibility index (Phi) is 4.38. The summed E-state index contributed by atoms with van der Waals surface area (Å²) in [4.78, 5) is 0. The molecule has 0 aliphatic carbocycles. The second kappa shape index (κ2) is 6.41. The number of rotatable bonds is 4. The monoisotopic (exact) mass is 290 g/mol. The first-order valence-electron chi connectivity index (χ1n) is 7.15. The highest BCUT2D eigenvalue weighted by atomic mass is 32.2. The summed E-state index contributed by atoms with van der Waals surface area (Å²) in [6.07, 6.45) is 2.29. The number of quaternary nitrogens is 1. The first kappa shape index (κ1) is 13.6. The van der Waals surface area contributed by atoms with Crippen molar-refractivity contribution in [2.75, 3.05) is 13.1 Å². The van der Waals surface area contributed by atoms with Gasteiger partial charge in [0.2, 0.25) is 5.89 Å². The summed E-state index contributed by atoms with van der Waals surface area (Å²) in [6, 6.07) is 8.42. The van der Waals surface area contributed by atoms with Gasteiger partial charge in [-0.05, 0) is 18.1 Å². The average molecular weight is 290 g/mol. The van der Waals surface area contributed by atoms with Crippen LogP contribution in [0.5, 0.6) is 0 Å². The molecule has 2 heterocycles. The predicted octanol–water partition coefficient (Wildman–Crippen LogP) is 2.11. The van der Waals surface area contributed by atoms with Crippen LogP contribution in [0.2, 0.25) is 0 Å². The van der Waals surface area contributed by atoms with Gasteiger partial charge in [0.1, 0.15) is 0 Å². The molecule has 2 aromatic rings. The SMILES string of the molecule is Cc1ccccc1CSc1nnc(C2CC[NH2+]CC2)o1. The minimum Gasteiger partial charge on any atom is -0.416 e. The van der Waals surface area contributed by atoms with Crippen LogP contribution in [0.1, 0.15) is 35.8 Å². The van der Waals surface area contributed by atoms with Crippen molar-refractivity contribution in [3.63, 3.8) is 0 Å². The van der Waals surface area contributed by atoms with Crippen molar-refractivity contribution in [3.05, 3.63) is 41.3 Å². The number of aryl methyl sites for hydroxylation is 1. The lowest BCUT2D eigenvalue weighted by Gasteiger charge is -2.16. The predicted molar refractivity (Wildman–Crippen MR) is 78.7 cm³/mol. The van der Waals surface area contributed by atoms with Crippen LogP contribution in [0.4, 0.5) is 0 Å². The minimum absolute atomic E-state index is 0.459. The molecule has 0 amide bonds. The number of aromatic nitrogens is 2. The maximum absolute atomic E-state index is 5.81. The summed E-state index contributed by atoms with van der Waals surface area (Å²) >= 11 is 1.62. The highest BCUT2D eigenvalue weighted by Crippen LogP contribution is 2.27. The van der Waals surface area contributed by atoms with Crippen molar-refractivity contribution >= 4 is 11.8 Å². The van der Waals surface area contributed by atoms with Crippen LogP contribution in [-0.2, 0) is 5.75 Å². The van der Waals surface area contributed by atoms with Crippen molar-refractivity contribution in [2.24, 2.45) is 0 Å². The molecule has 1 aromatic heterocycles. The maximum Gasteiger partial charge on any atom is 0.276 e. The normalized spacial score (nSPS) is 16.4. The average Bonchev–Trinajstić information content (AvgIpc) is 2.96. The van der Waals surface area contributed by atoms with E-state index in [0.717, 1.165) is 24.5 Å². The van der Waals surface area contributed by atoms with Gasteiger partial charge in [-0.15, -0.1) is 10.2 Å². The third kappa shape index (κ3) is 3.22. The molecule has 1 fully saturated rings. The molecule has 1 saturated heterocycles. The fourth-order valence-electron chi connectivity index (χ4n) is 2.53. The molecule has 2 N–H and O–H groups in total. The van der Waals surface area contributed by atoms with E-state index in [9.17, 15) is 0 Å². The van der Waals surface area contributed by atoms with E-state index in [1.54, 1.807) is 11.8 Å². The van der Waals surface area contributed by atoms with E-state index < -0.39 is 0 Å². The summed E-state index contributed by atoms with van der Waals surface area (Å²) in [5, 5.41) is 11.4. The zero-order valence-corrected chi connectivity index (χ0v) is 12.5. The Labute approximate surface area is 123 Å². The molecule has 0 spiro atoms. The fraction of sp³-hybridized carbons (Fsp3) is 0.467. The lowest BCUT2D eigenvalue weighted by Crippen LogP contribution is -2.86. The third-order valence-corrected chi connectivity index (χ3v) is 4.69. The van der Waals surface area contributed by atoms with Gasteiger partial charge in [0.25, 0.3) is 5.22 Å². The van der Waals surface area contributed by atoms with Gasteiger partial charge in [0, 0.05) is 24.5 Å². The quantitative estimate of drug-likeness (QED) is 0.876. The van der Waals surface area contributed by atoms with E-state index in [2.05, 4.69) is 46.7 Å². The smallest absolute Gasteiger partial charge is 0.276 e. The molecule has 1 aliphatic rings. The standard InChI is InChI=1S/C15H19N3OS/c1-11-4-2-3-5-13(11)10-20-15-18-17-14(19-15)12-6-8-16-9-7-12/h2-5,12,16H,6-10H2,1H3/p+1. The zero-order chi connectivity index (χ0) is 13.8. The Bertz CT molecular complexity index is 564. The number of benzene rings is 1. The number of nitrogens with two attached hydrogens (primary N) is 1. The Morgan fingerprint density at radius 3 is 2.85 bits per heavy atom. The van der Waals surface area contributed by atoms with Gasteiger partial charge < -0.3 is 9.73 Å². The van der Waals surface area contributed by atoms with Gasteiger partial charge >= 0.3 is 0 Å². The van der Waals surface area contributed by atoms with Crippen LogP contribution in [0.3, 0.4) is 0 Å². The first-order valence-corrected chi connectivity index (χ1v) is 8.14. The Balaban J connectivity index is 1.61. The van der Waals surface area contributed by atoms with Gasteiger partial charge in [-0.25, -0.2) is 0 Å². The summed E-state index contributed by atoms with van der Waals surface area (Å²) in [5.74, 6) is 2.16. The van der Waals surface area contributed by atoms with E-state index in [1.807, 2.05) is 0 Å². The van der Waals surface area contributed by atoms with E-state index in [1.165, 1.54) is 24.2 Å². The second-order valence-electron chi connectivity index (χ2n) is 5.26. The lowest BCUT2D eigenvalue weighted by molar-refractivity contribution is -0.663. The van der Waals surface area contributed by atoms with Crippen LogP contribution in [0, 0.1) is 6.92 Å². The van der Waals surface area contributed by atoms with Crippen LogP contribution in [0.25, 0.3) is 0 Å². The molecular weight excluding hydrogens is 270 g/mol. The van der Waals surface area contributed by atoms with E-state index >= 15 is 0 Å². The first-order chi connectivity index (χ1) is 9.83. The number of hydrogen-bond acceptors (Lipinski definition) is 4. The topological polar surface area (TPSA) is 55.5 Å². The second-order valence-corrected chi connectivity index (χ2v) is 6.19. The van der Waals surface area contributed by atoms with Crippen molar-refractivity contribution in [2.45, 2.75) is 36.7 Å². The van der Waals surface area contributed by atoms with Crippen LogP contribution in [0.15, 0.2) is 33.9 Å². The summed E-state index contributed by atoms with van der Waals surface area (Å²) in [5.41, 5.74) is 2.63. The molecular formula is C15H20N3OS+. The van der Waals surface area contributed by atoms with Gasteiger partial charge in [-0.1, -0.05) is 36.0 Å². The Hall–Kier alpha value is -1.33. The van der Waals surface area contributed by atoms with Crippen LogP contribution in [-0.4, -0.2) is 23.3 Å². The number of piperidine rings is 1. The molecule has 4 nitrogen and oxygen atoms in total. The lowest BCUT2D eigenvalue weighted by atomic mass is 9.98. The highest BCUT2D eigenvalue weighted by molar-refractivity contribution is 7.98. The minimum atomic E-state index is 0.459. The van der Waals surface area contributed by atoms with Gasteiger partial charge in [0.05, 0.1) is 13.1 Å². The molecule has 0 bridgehead atoms. The van der Waals surface area contributed by atoms with Crippen LogP contribution >= 0.6 is 11.8 Å². The molecule has 0 atom stereocenters. The Morgan fingerprint density at radius 1 is 1.25 bits per heavy atom. The molecule has 1 aliphatic heterocycles. The summed E-state index contributed by atoms with van der Waals surface area (Å²) in [6.45, 7) is 4.46. The number of hydrogen-bond donors (Lipinski definition) is 1. The molecule has 0 radical (unpaired) electrons. The van der Waals surface area contributed by atoms with E-state index in [-0.39, 0.29) is 0 Å². The van der Waals surface area contributed by atoms with Crippen molar-refractivity contribution in [1.29, 1.82) is 0 Å². The van der Waals surface area contributed by atoms with Gasteiger partial charge in [-0.2, -0.15) is 0 Å². The molecule has 0 unspecified atom stereocenters. The number of thioether (sulfide) groups is 1. The van der Waals surface area contributed by atoms with E-state index in [4.69, 9.17) is 4.42 Å². The third-order valence-electron chi connectivity index (χ3n) is 3.82. The largest absolute Gasteiger partial charge is 0.416 e. The molecule has 3 rings (SSSR count). The zero-order valence-electron chi connectivity index (χ0n) is 11.7. The maximum atomic E-state index is 5.81. The summed E-state index contributed by atoms with van der Waals surface area (Å²) < 4.78 is 5.81. The highest BCUT2D eigenvalue weighted by Gasteiger charge is 2.23. The number of nitrogens with zero attached hydrogens (tertiary/aromatic N) is 2. The van der Waals surface area contributed by atoms with Crippen LogP contribution < -0.4 is 5.32 Å². The Morgan fingerprint density at radius 2 is 2.05 bits per heavy atom. The molecule has 5 heteroatoms. The molecule has 0 saturated carbocycles. The van der Waals surface area contributed by atoms with Gasteiger partial charge in [0.15, 0.2) is 0 Å². The molecule has 1 aromatic carbocycles. The molecule has 20 heavy (non-hydrogen) atoms. The van der Waals surface area contributed by atoms with Gasteiger partial charge in [-0.3, -0.25) is 0 Å². The molecule has 106 valence electrons. The van der Waals surface area contributed by atoms with Crippen molar-refractivity contribution in [1.82, 2.24) is 10.2 Å². The van der Waals surface area contributed by atoms with Crippen molar-refractivity contribution < 1.29 is 9.73 Å². The van der Waals surface area contributed by atoms with Crippen molar-refractivity contribution in [3.8, 4) is 0 Å². The fourth-order valence-corrected chi connectivity index (χ4v) is 3.37.